The highest BCUT2D eigenvalue weighted by atomic mass is 79.9. The normalized spacial score (nSPS) is 10.7. The number of anilines is 1. The van der Waals surface area contributed by atoms with Crippen molar-refractivity contribution in [2.75, 3.05) is 11.9 Å². The van der Waals surface area contributed by atoms with Crippen molar-refractivity contribution in [1.82, 2.24) is 0 Å². The second kappa shape index (κ2) is 5.04. The lowest BCUT2D eigenvalue weighted by Crippen LogP contribution is -2.25. The Bertz CT molecular complexity index is 312. The van der Waals surface area contributed by atoms with Crippen LogP contribution in [0.3, 0.4) is 0 Å². The lowest BCUT2D eigenvalue weighted by atomic mass is 10.2. The van der Waals surface area contributed by atoms with Crippen molar-refractivity contribution in [1.29, 1.82) is 0 Å². The fourth-order valence-corrected chi connectivity index (χ4v) is 1.88. The Morgan fingerprint density at radius 3 is 2.50 bits per heavy atom. The fraction of sp³-hybridized carbons (Fsp3) is 0.455. The van der Waals surface area contributed by atoms with Crippen molar-refractivity contribution in [2.24, 2.45) is 0 Å². The van der Waals surface area contributed by atoms with Gasteiger partial charge in [0.1, 0.15) is 0 Å². The number of nitrogens with zero attached hydrogens (tertiary/aromatic N) is 1. The van der Waals surface area contributed by atoms with Gasteiger partial charge in [-0.2, -0.15) is 0 Å². The molecule has 1 rings (SSSR count). The van der Waals surface area contributed by atoms with E-state index in [0.717, 1.165) is 16.0 Å². The summed E-state index contributed by atoms with van der Waals surface area (Å²) in [5.41, 5.74) is 2.29. The van der Waals surface area contributed by atoms with Crippen molar-refractivity contribution in [3.05, 3.63) is 28.8 Å². The van der Waals surface area contributed by atoms with Gasteiger partial charge in [-0.05, 0) is 31.5 Å². The van der Waals surface area contributed by atoms with Gasteiger partial charge in [0.25, 0.3) is 0 Å². The summed E-state index contributed by atoms with van der Waals surface area (Å²) < 4.78 is 0. The summed E-state index contributed by atoms with van der Waals surface area (Å²) in [4.78, 5) is 2.17. The molecule has 0 aliphatic rings. The van der Waals surface area contributed by atoms with E-state index < -0.39 is 0 Å². The van der Waals surface area contributed by atoms with Crippen LogP contribution in [0.5, 0.6) is 0 Å². The van der Waals surface area contributed by atoms with Gasteiger partial charge < -0.3 is 4.90 Å². The van der Waals surface area contributed by atoms with Crippen LogP contribution in [0.2, 0.25) is 5.02 Å². The van der Waals surface area contributed by atoms with Gasteiger partial charge in [-0.25, -0.2) is 0 Å². The van der Waals surface area contributed by atoms with Crippen LogP contribution in [0.15, 0.2) is 18.2 Å². The Kier molecular flexibility index (Phi) is 4.27. The molecule has 0 saturated carbocycles. The van der Waals surface area contributed by atoms with Gasteiger partial charge in [0.2, 0.25) is 0 Å². The van der Waals surface area contributed by atoms with Crippen molar-refractivity contribution >= 4 is 33.2 Å². The summed E-state index contributed by atoms with van der Waals surface area (Å²) in [5.74, 6) is 0. The third-order valence-corrected chi connectivity index (χ3v) is 3.27. The molecule has 0 atom stereocenters. The highest BCUT2D eigenvalue weighted by Gasteiger charge is 2.08. The average molecular weight is 277 g/mol. The number of hydrogen-bond acceptors (Lipinski definition) is 1. The number of halogens is 2. The zero-order chi connectivity index (χ0) is 10.7. The van der Waals surface area contributed by atoms with Crippen molar-refractivity contribution in [2.45, 2.75) is 25.2 Å². The Labute approximate surface area is 99.2 Å². The van der Waals surface area contributed by atoms with E-state index in [4.69, 9.17) is 11.6 Å². The molecular formula is C11H15BrClN. The van der Waals surface area contributed by atoms with E-state index >= 15 is 0 Å². The summed E-state index contributed by atoms with van der Waals surface area (Å²) in [6.07, 6.45) is 0. The molecule has 0 radical (unpaired) electrons. The van der Waals surface area contributed by atoms with Gasteiger partial charge in [-0.3, -0.25) is 0 Å². The van der Waals surface area contributed by atoms with Gasteiger partial charge in [-0.1, -0.05) is 33.6 Å². The Morgan fingerprint density at radius 2 is 2.07 bits per heavy atom. The first-order valence-corrected chi connectivity index (χ1v) is 6.13. The van der Waals surface area contributed by atoms with Crippen LogP contribution < -0.4 is 4.90 Å². The second-order valence-electron chi connectivity index (χ2n) is 3.62. The second-order valence-corrected chi connectivity index (χ2v) is 4.59. The number of alkyl halides is 1. The summed E-state index contributed by atoms with van der Waals surface area (Å²) in [6, 6.07) is 6.63. The molecule has 0 saturated heterocycles. The van der Waals surface area contributed by atoms with Gasteiger partial charge >= 0.3 is 0 Å². The van der Waals surface area contributed by atoms with Crippen LogP contribution >= 0.6 is 27.5 Å². The molecular weight excluding hydrogens is 261 g/mol. The summed E-state index contributed by atoms with van der Waals surface area (Å²) in [6.45, 7) is 4.30. The minimum absolute atomic E-state index is 0.460. The average Bonchev–Trinajstić information content (AvgIpc) is 2.16. The first-order chi connectivity index (χ1) is 6.56. The third kappa shape index (κ3) is 2.64. The Morgan fingerprint density at radius 1 is 1.43 bits per heavy atom. The molecule has 1 nitrogen and oxygen atoms in total. The van der Waals surface area contributed by atoms with Crippen molar-refractivity contribution in [3.63, 3.8) is 0 Å². The van der Waals surface area contributed by atoms with Gasteiger partial charge in [-0.15, -0.1) is 0 Å². The maximum Gasteiger partial charge on any atom is 0.0642 e. The quantitative estimate of drug-likeness (QED) is 0.752. The predicted molar refractivity (Wildman–Crippen MR) is 67.6 cm³/mol. The molecule has 1 aromatic carbocycles. The Hall–Kier alpha value is -0.210. The van der Waals surface area contributed by atoms with Crippen LogP contribution in [0.4, 0.5) is 5.69 Å². The summed E-state index contributed by atoms with van der Waals surface area (Å²) in [7, 11) is 2.06. The van der Waals surface area contributed by atoms with Gasteiger partial charge in [0.05, 0.1) is 10.7 Å². The standard InChI is InChI=1S/C11H15BrClN/c1-8(2)14(3)11-5-4-9(7-12)6-10(11)13/h4-6,8H,7H2,1-3H3. The van der Waals surface area contributed by atoms with Crippen LogP contribution in [-0.4, -0.2) is 13.1 Å². The summed E-state index contributed by atoms with van der Waals surface area (Å²) >= 11 is 9.59. The zero-order valence-electron chi connectivity index (χ0n) is 8.72. The van der Waals surface area contributed by atoms with Crippen LogP contribution in [0.1, 0.15) is 19.4 Å². The fourth-order valence-electron chi connectivity index (χ4n) is 1.20. The highest BCUT2D eigenvalue weighted by Crippen LogP contribution is 2.27. The van der Waals surface area contributed by atoms with Crippen LogP contribution in [-0.2, 0) is 5.33 Å². The van der Waals surface area contributed by atoms with E-state index in [-0.39, 0.29) is 0 Å². The molecule has 0 aliphatic carbocycles. The van der Waals surface area contributed by atoms with Gasteiger partial charge in [0, 0.05) is 18.4 Å². The van der Waals surface area contributed by atoms with E-state index in [2.05, 4.69) is 53.9 Å². The molecule has 78 valence electrons. The number of rotatable bonds is 3. The monoisotopic (exact) mass is 275 g/mol. The van der Waals surface area contributed by atoms with E-state index in [9.17, 15) is 0 Å². The molecule has 0 fully saturated rings. The topological polar surface area (TPSA) is 3.24 Å². The van der Waals surface area contributed by atoms with Crippen molar-refractivity contribution < 1.29 is 0 Å². The molecule has 0 amide bonds. The first-order valence-electron chi connectivity index (χ1n) is 4.63. The third-order valence-electron chi connectivity index (χ3n) is 2.32. The molecule has 0 N–H and O–H groups in total. The molecule has 14 heavy (non-hydrogen) atoms. The molecule has 1 aromatic rings. The van der Waals surface area contributed by atoms with Gasteiger partial charge in [0.15, 0.2) is 0 Å². The zero-order valence-corrected chi connectivity index (χ0v) is 11.1. The van der Waals surface area contributed by atoms with Crippen LogP contribution in [0.25, 0.3) is 0 Å². The molecule has 0 unspecified atom stereocenters. The predicted octanol–water partition coefficient (Wildman–Crippen LogP) is 4.08. The lowest BCUT2D eigenvalue weighted by Gasteiger charge is -2.25. The number of hydrogen-bond donors (Lipinski definition) is 0. The molecule has 0 bridgehead atoms. The smallest absolute Gasteiger partial charge is 0.0642 e. The van der Waals surface area contributed by atoms with Crippen LogP contribution in [0, 0.1) is 0 Å². The molecule has 0 aliphatic heterocycles. The molecule has 0 heterocycles. The largest absolute Gasteiger partial charge is 0.371 e. The van der Waals surface area contributed by atoms with Crippen molar-refractivity contribution in [3.8, 4) is 0 Å². The lowest BCUT2D eigenvalue weighted by molar-refractivity contribution is 0.755. The minimum atomic E-state index is 0.460. The molecule has 3 heteroatoms. The first kappa shape index (κ1) is 11.9. The maximum atomic E-state index is 6.18. The van der Waals surface area contributed by atoms with E-state index in [1.807, 2.05) is 6.07 Å². The Balaban J connectivity index is 2.99. The number of benzene rings is 1. The van der Waals surface area contributed by atoms with E-state index in [1.54, 1.807) is 0 Å². The highest BCUT2D eigenvalue weighted by molar-refractivity contribution is 9.08. The van der Waals surface area contributed by atoms with E-state index in [0.29, 0.717) is 6.04 Å². The SMILES string of the molecule is CC(C)N(C)c1ccc(CBr)cc1Cl. The van der Waals surface area contributed by atoms with E-state index in [1.165, 1.54) is 5.56 Å². The minimum Gasteiger partial charge on any atom is -0.371 e. The molecule has 0 spiro atoms. The summed E-state index contributed by atoms with van der Waals surface area (Å²) in [5, 5.41) is 1.66. The maximum absolute atomic E-state index is 6.18. The molecule has 0 aromatic heterocycles.